The maximum atomic E-state index is 12.9. The summed E-state index contributed by atoms with van der Waals surface area (Å²) in [6.45, 7) is 3.03. The highest BCUT2D eigenvalue weighted by Gasteiger charge is 2.22. The van der Waals surface area contributed by atoms with Crippen LogP contribution in [-0.2, 0) is 13.2 Å². The van der Waals surface area contributed by atoms with E-state index in [0.29, 0.717) is 11.5 Å². The van der Waals surface area contributed by atoms with Gasteiger partial charge in [-0.15, -0.1) is 0 Å². The molecule has 1 aliphatic heterocycles. The van der Waals surface area contributed by atoms with Gasteiger partial charge in [0, 0.05) is 25.7 Å². The van der Waals surface area contributed by atoms with Crippen molar-refractivity contribution in [3.8, 4) is 5.75 Å². The third-order valence-electron chi connectivity index (χ3n) is 5.25. The van der Waals surface area contributed by atoms with Crippen LogP contribution in [-0.4, -0.2) is 29.9 Å². The van der Waals surface area contributed by atoms with Gasteiger partial charge in [0.1, 0.15) is 23.9 Å². The summed E-state index contributed by atoms with van der Waals surface area (Å²) in [5.74, 6) is 0.845. The van der Waals surface area contributed by atoms with Crippen molar-refractivity contribution in [1.82, 2.24) is 10.2 Å². The topological polar surface area (TPSA) is 54.7 Å². The largest absolute Gasteiger partial charge is 0.486 e. The number of hydrogen-bond acceptors (Lipinski definition) is 4. The standard InChI is InChI=1S/C24H25FN2O3/c25-19-6-8-21(9-7-19)29-17-22-10-11-23(30-22)24(28)26-20-12-14-27(15-13-20)16-18-4-2-1-3-5-18/h1-11,20H,12-17H2,(H,26,28). The molecule has 4 rings (SSSR count). The second kappa shape index (κ2) is 9.59. The lowest BCUT2D eigenvalue weighted by Crippen LogP contribution is -2.44. The van der Waals surface area contributed by atoms with Crippen LogP contribution in [0.1, 0.15) is 34.7 Å². The molecule has 0 radical (unpaired) electrons. The number of halogens is 1. The van der Waals surface area contributed by atoms with Gasteiger partial charge < -0.3 is 14.5 Å². The maximum absolute atomic E-state index is 12.9. The Morgan fingerprint density at radius 3 is 2.50 bits per heavy atom. The summed E-state index contributed by atoms with van der Waals surface area (Å²) in [6.07, 6.45) is 1.83. The molecular weight excluding hydrogens is 383 g/mol. The van der Waals surface area contributed by atoms with Gasteiger partial charge in [0.2, 0.25) is 0 Å². The predicted octanol–water partition coefficient (Wildman–Crippen LogP) is 4.39. The number of carbonyl (C=O) groups is 1. The van der Waals surface area contributed by atoms with E-state index in [1.54, 1.807) is 24.3 Å². The lowest BCUT2D eigenvalue weighted by atomic mass is 10.0. The average Bonchev–Trinajstić information content (AvgIpc) is 3.25. The summed E-state index contributed by atoms with van der Waals surface area (Å²) in [6, 6.07) is 19.7. The Hall–Kier alpha value is -3.12. The summed E-state index contributed by atoms with van der Waals surface area (Å²) < 4.78 is 24.1. The quantitative estimate of drug-likeness (QED) is 0.630. The van der Waals surface area contributed by atoms with Gasteiger partial charge in [-0.1, -0.05) is 30.3 Å². The molecule has 1 aromatic heterocycles. The summed E-state index contributed by atoms with van der Waals surface area (Å²) in [7, 11) is 0. The molecule has 0 saturated carbocycles. The monoisotopic (exact) mass is 408 g/mol. The highest BCUT2D eigenvalue weighted by atomic mass is 19.1. The van der Waals surface area contributed by atoms with E-state index < -0.39 is 0 Å². The molecule has 3 aromatic rings. The van der Waals surface area contributed by atoms with Gasteiger partial charge in [-0.05, 0) is 54.8 Å². The minimum atomic E-state index is -0.315. The molecular formula is C24H25FN2O3. The van der Waals surface area contributed by atoms with Crippen LogP contribution in [0.4, 0.5) is 4.39 Å². The van der Waals surface area contributed by atoms with E-state index in [1.807, 2.05) is 6.07 Å². The Kier molecular flexibility index (Phi) is 6.44. The average molecular weight is 408 g/mol. The SMILES string of the molecule is O=C(NC1CCN(Cc2ccccc2)CC1)c1ccc(COc2ccc(F)cc2)o1. The predicted molar refractivity (Wildman–Crippen MR) is 112 cm³/mol. The van der Waals surface area contributed by atoms with Crippen LogP contribution in [0.2, 0.25) is 0 Å². The third kappa shape index (κ3) is 5.48. The Bertz CT molecular complexity index is 948. The molecule has 156 valence electrons. The Morgan fingerprint density at radius 1 is 1.03 bits per heavy atom. The van der Waals surface area contributed by atoms with E-state index in [9.17, 15) is 9.18 Å². The van der Waals surface area contributed by atoms with Crippen LogP contribution >= 0.6 is 0 Å². The number of ether oxygens (including phenoxy) is 1. The number of furan rings is 1. The van der Waals surface area contributed by atoms with E-state index in [1.165, 1.54) is 17.7 Å². The number of likely N-dealkylation sites (tertiary alicyclic amines) is 1. The van der Waals surface area contributed by atoms with Gasteiger partial charge in [0.05, 0.1) is 0 Å². The van der Waals surface area contributed by atoms with Crippen molar-refractivity contribution in [3.63, 3.8) is 0 Å². The lowest BCUT2D eigenvalue weighted by Gasteiger charge is -2.32. The van der Waals surface area contributed by atoms with Crippen molar-refractivity contribution in [2.75, 3.05) is 13.1 Å². The van der Waals surface area contributed by atoms with Crippen LogP contribution in [0.3, 0.4) is 0 Å². The zero-order valence-electron chi connectivity index (χ0n) is 16.7. The molecule has 0 atom stereocenters. The van der Waals surface area contributed by atoms with Crippen molar-refractivity contribution >= 4 is 5.91 Å². The number of rotatable bonds is 7. The fraction of sp³-hybridized carbons (Fsp3) is 0.292. The fourth-order valence-corrected chi connectivity index (χ4v) is 3.60. The molecule has 2 aromatic carbocycles. The minimum absolute atomic E-state index is 0.147. The van der Waals surface area contributed by atoms with Crippen LogP contribution in [0.15, 0.2) is 71.1 Å². The first-order valence-electron chi connectivity index (χ1n) is 10.2. The van der Waals surface area contributed by atoms with Crippen LogP contribution in [0.25, 0.3) is 0 Å². The number of nitrogens with zero attached hydrogens (tertiary/aromatic N) is 1. The first kappa shape index (κ1) is 20.2. The van der Waals surface area contributed by atoms with E-state index in [-0.39, 0.29) is 30.1 Å². The molecule has 1 fully saturated rings. The molecule has 1 saturated heterocycles. The number of piperidine rings is 1. The molecule has 1 amide bonds. The second-order valence-corrected chi connectivity index (χ2v) is 7.52. The van der Waals surface area contributed by atoms with Gasteiger partial charge in [0.15, 0.2) is 5.76 Å². The molecule has 1 aliphatic rings. The summed E-state index contributed by atoms with van der Waals surface area (Å²) in [4.78, 5) is 14.9. The molecule has 0 bridgehead atoms. The van der Waals surface area contributed by atoms with Crippen molar-refractivity contribution < 1.29 is 18.3 Å². The van der Waals surface area contributed by atoms with Crippen molar-refractivity contribution in [1.29, 1.82) is 0 Å². The van der Waals surface area contributed by atoms with Crippen molar-refractivity contribution in [2.24, 2.45) is 0 Å². The van der Waals surface area contributed by atoms with E-state index >= 15 is 0 Å². The second-order valence-electron chi connectivity index (χ2n) is 7.52. The number of benzene rings is 2. The van der Waals surface area contributed by atoms with Crippen LogP contribution in [0, 0.1) is 5.82 Å². The highest BCUT2D eigenvalue weighted by molar-refractivity contribution is 5.91. The summed E-state index contributed by atoms with van der Waals surface area (Å²) >= 11 is 0. The minimum Gasteiger partial charge on any atom is -0.486 e. The number of carbonyl (C=O) groups excluding carboxylic acids is 1. The van der Waals surface area contributed by atoms with Gasteiger partial charge in [-0.25, -0.2) is 4.39 Å². The first-order chi connectivity index (χ1) is 14.7. The van der Waals surface area contributed by atoms with Crippen LogP contribution < -0.4 is 10.1 Å². The number of hydrogen-bond donors (Lipinski definition) is 1. The third-order valence-corrected chi connectivity index (χ3v) is 5.25. The van der Waals surface area contributed by atoms with Crippen molar-refractivity contribution in [3.05, 3.63) is 89.6 Å². The molecule has 2 heterocycles. The zero-order chi connectivity index (χ0) is 20.8. The molecule has 5 nitrogen and oxygen atoms in total. The Balaban J connectivity index is 1.22. The fourth-order valence-electron chi connectivity index (χ4n) is 3.60. The highest BCUT2D eigenvalue weighted by Crippen LogP contribution is 2.17. The molecule has 0 unspecified atom stereocenters. The molecule has 0 spiro atoms. The number of nitrogens with one attached hydrogen (secondary N) is 1. The smallest absolute Gasteiger partial charge is 0.287 e. The van der Waals surface area contributed by atoms with Gasteiger partial charge in [-0.2, -0.15) is 0 Å². The summed E-state index contributed by atoms with van der Waals surface area (Å²) in [5, 5.41) is 3.07. The maximum Gasteiger partial charge on any atom is 0.287 e. The first-order valence-corrected chi connectivity index (χ1v) is 10.2. The zero-order valence-corrected chi connectivity index (χ0v) is 16.7. The van der Waals surface area contributed by atoms with E-state index in [2.05, 4.69) is 34.5 Å². The summed E-state index contributed by atoms with van der Waals surface area (Å²) in [5.41, 5.74) is 1.31. The van der Waals surface area contributed by atoms with Gasteiger partial charge in [-0.3, -0.25) is 9.69 Å². The molecule has 30 heavy (non-hydrogen) atoms. The Morgan fingerprint density at radius 2 is 1.77 bits per heavy atom. The molecule has 1 N–H and O–H groups in total. The van der Waals surface area contributed by atoms with Gasteiger partial charge >= 0.3 is 0 Å². The molecule has 0 aliphatic carbocycles. The Labute approximate surface area is 175 Å². The normalized spacial score (nSPS) is 15.1. The van der Waals surface area contributed by atoms with E-state index in [0.717, 1.165) is 32.5 Å². The number of amides is 1. The van der Waals surface area contributed by atoms with E-state index in [4.69, 9.17) is 9.15 Å². The lowest BCUT2D eigenvalue weighted by molar-refractivity contribution is 0.0877. The van der Waals surface area contributed by atoms with Crippen molar-refractivity contribution in [2.45, 2.75) is 32.0 Å². The van der Waals surface area contributed by atoms with Crippen LogP contribution in [0.5, 0.6) is 5.75 Å². The molecule has 6 heteroatoms. The van der Waals surface area contributed by atoms with Gasteiger partial charge in [0.25, 0.3) is 5.91 Å².